The van der Waals surface area contributed by atoms with Gasteiger partial charge in [-0.3, -0.25) is 0 Å². The molecule has 0 amide bonds. The number of rotatable bonds is 5. The summed E-state index contributed by atoms with van der Waals surface area (Å²) in [5.41, 5.74) is 7.00. The zero-order chi connectivity index (χ0) is 15.5. The first-order valence-electron chi connectivity index (χ1n) is 8.15. The molecular formula is C19H25NO2. The van der Waals surface area contributed by atoms with E-state index >= 15 is 0 Å². The summed E-state index contributed by atoms with van der Waals surface area (Å²) in [6.07, 6.45) is 3.83. The fourth-order valence-corrected chi connectivity index (χ4v) is 3.57. The van der Waals surface area contributed by atoms with Crippen LogP contribution >= 0.6 is 0 Å². The Morgan fingerprint density at radius 2 is 1.95 bits per heavy atom. The predicted molar refractivity (Wildman–Crippen MR) is 90.5 cm³/mol. The van der Waals surface area contributed by atoms with Crippen molar-refractivity contribution in [2.75, 3.05) is 13.7 Å². The molecule has 2 aromatic rings. The summed E-state index contributed by atoms with van der Waals surface area (Å²) >= 11 is 0. The Kier molecular flexibility index (Phi) is 4.65. The number of nitrogens with two attached hydrogens (primary N) is 1. The highest BCUT2D eigenvalue weighted by Gasteiger charge is 2.30. The Hall–Kier alpha value is -1.58. The third kappa shape index (κ3) is 2.83. The molecule has 3 nitrogen and oxygen atoms in total. The van der Waals surface area contributed by atoms with E-state index in [9.17, 15) is 0 Å². The molecule has 1 saturated heterocycles. The maximum atomic E-state index is 6.21. The van der Waals surface area contributed by atoms with Crippen molar-refractivity contribution in [1.29, 1.82) is 0 Å². The highest BCUT2D eigenvalue weighted by atomic mass is 16.5. The molecule has 2 aromatic carbocycles. The van der Waals surface area contributed by atoms with Gasteiger partial charge in [-0.25, -0.2) is 0 Å². The van der Waals surface area contributed by atoms with E-state index in [0.717, 1.165) is 25.0 Å². The monoisotopic (exact) mass is 299 g/mol. The molecule has 1 fully saturated rings. The van der Waals surface area contributed by atoms with E-state index in [2.05, 4.69) is 43.3 Å². The lowest BCUT2D eigenvalue weighted by Gasteiger charge is -2.22. The summed E-state index contributed by atoms with van der Waals surface area (Å²) in [4.78, 5) is 0. The number of ether oxygens (including phenoxy) is 2. The van der Waals surface area contributed by atoms with Crippen LogP contribution in [-0.4, -0.2) is 25.9 Å². The van der Waals surface area contributed by atoms with Crippen molar-refractivity contribution in [3.63, 3.8) is 0 Å². The molecule has 3 atom stereocenters. The number of hydrogen-bond donors (Lipinski definition) is 1. The Morgan fingerprint density at radius 3 is 2.68 bits per heavy atom. The van der Waals surface area contributed by atoms with Crippen molar-refractivity contribution < 1.29 is 9.47 Å². The molecule has 3 rings (SSSR count). The summed E-state index contributed by atoms with van der Waals surface area (Å²) in [5, 5.41) is 2.44. The number of methoxy groups -OCH3 is 1. The van der Waals surface area contributed by atoms with Crippen LogP contribution < -0.4 is 10.5 Å². The second-order valence-corrected chi connectivity index (χ2v) is 6.14. The van der Waals surface area contributed by atoms with Crippen molar-refractivity contribution in [1.82, 2.24) is 0 Å². The fourth-order valence-electron chi connectivity index (χ4n) is 3.57. The summed E-state index contributed by atoms with van der Waals surface area (Å²) in [5.74, 6) is 1.30. The molecule has 3 unspecified atom stereocenters. The number of fused-ring (bicyclic) bond motifs is 1. The smallest absolute Gasteiger partial charge is 0.126 e. The van der Waals surface area contributed by atoms with Crippen molar-refractivity contribution in [2.45, 2.75) is 44.3 Å². The van der Waals surface area contributed by atoms with Gasteiger partial charge in [0.05, 0.1) is 19.3 Å². The van der Waals surface area contributed by atoms with E-state index in [4.69, 9.17) is 15.2 Å². The molecule has 0 radical (unpaired) electrons. The van der Waals surface area contributed by atoms with Gasteiger partial charge in [-0.1, -0.05) is 37.3 Å². The van der Waals surface area contributed by atoms with Crippen molar-refractivity contribution in [3.8, 4) is 5.75 Å². The van der Waals surface area contributed by atoms with E-state index in [1.807, 2.05) is 0 Å². The zero-order valence-corrected chi connectivity index (χ0v) is 13.4. The number of hydrogen-bond acceptors (Lipinski definition) is 3. The summed E-state index contributed by atoms with van der Waals surface area (Å²) in [7, 11) is 1.72. The second kappa shape index (κ2) is 6.67. The second-order valence-electron chi connectivity index (χ2n) is 6.14. The fraction of sp³-hybridized carbons (Fsp3) is 0.474. The standard InChI is InChI=1S/C19H25NO2/c1-13(18-9-7-14(22-18)11-12-20)15-8-10-19(21-2)17-6-4-3-5-16(15)17/h3-6,8,10,13-14,18H,7,9,11-12,20H2,1-2H3. The van der Waals surface area contributed by atoms with Gasteiger partial charge in [0, 0.05) is 11.3 Å². The quantitative estimate of drug-likeness (QED) is 0.912. The first-order valence-corrected chi connectivity index (χ1v) is 8.15. The van der Waals surface area contributed by atoms with Crippen LogP contribution in [0.4, 0.5) is 0 Å². The SMILES string of the molecule is COc1ccc(C(C)C2CCC(CCN)O2)c2ccccc12. The van der Waals surface area contributed by atoms with E-state index in [0.29, 0.717) is 18.6 Å². The van der Waals surface area contributed by atoms with Crippen LogP contribution in [-0.2, 0) is 4.74 Å². The lowest BCUT2D eigenvalue weighted by Crippen LogP contribution is -2.19. The van der Waals surface area contributed by atoms with Crippen molar-refractivity contribution >= 4 is 10.8 Å². The van der Waals surface area contributed by atoms with Crippen LogP contribution in [0, 0.1) is 0 Å². The molecule has 0 saturated carbocycles. The molecule has 1 aliphatic heterocycles. The highest BCUT2D eigenvalue weighted by molar-refractivity contribution is 5.91. The van der Waals surface area contributed by atoms with Crippen LogP contribution in [0.25, 0.3) is 10.8 Å². The molecule has 0 aliphatic carbocycles. The predicted octanol–water partition coefficient (Wildman–Crippen LogP) is 3.85. The molecule has 0 bridgehead atoms. The Bertz CT molecular complexity index is 640. The molecule has 0 spiro atoms. The minimum Gasteiger partial charge on any atom is -0.496 e. The van der Waals surface area contributed by atoms with Crippen LogP contribution in [0.1, 0.15) is 37.7 Å². The minimum absolute atomic E-state index is 0.286. The molecule has 2 N–H and O–H groups in total. The van der Waals surface area contributed by atoms with Gasteiger partial charge < -0.3 is 15.2 Å². The van der Waals surface area contributed by atoms with E-state index in [-0.39, 0.29) is 6.10 Å². The van der Waals surface area contributed by atoms with E-state index < -0.39 is 0 Å². The number of benzene rings is 2. The molecule has 1 aliphatic rings. The molecule has 22 heavy (non-hydrogen) atoms. The lowest BCUT2D eigenvalue weighted by molar-refractivity contribution is 0.0300. The maximum absolute atomic E-state index is 6.21. The first kappa shape index (κ1) is 15.3. The van der Waals surface area contributed by atoms with E-state index in [1.165, 1.54) is 16.3 Å². The van der Waals surface area contributed by atoms with Crippen molar-refractivity contribution in [2.24, 2.45) is 5.73 Å². The Labute approximate surface area is 132 Å². The van der Waals surface area contributed by atoms with Gasteiger partial charge in [0.15, 0.2) is 0 Å². The zero-order valence-electron chi connectivity index (χ0n) is 13.4. The van der Waals surface area contributed by atoms with Crippen LogP contribution in [0.5, 0.6) is 5.75 Å². The van der Waals surface area contributed by atoms with Gasteiger partial charge in [-0.15, -0.1) is 0 Å². The Balaban J connectivity index is 1.90. The molecule has 1 heterocycles. The maximum Gasteiger partial charge on any atom is 0.126 e. The first-order chi connectivity index (χ1) is 10.7. The molecule has 0 aromatic heterocycles. The van der Waals surface area contributed by atoms with Gasteiger partial charge in [0.2, 0.25) is 0 Å². The van der Waals surface area contributed by atoms with Gasteiger partial charge in [0.1, 0.15) is 5.75 Å². The Morgan fingerprint density at radius 1 is 1.18 bits per heavy atom. The van der Waals surface area contributed by atoms with Gasteiger partial charge in [-0.2, -0.15) is 0 Å². The molecular weight excluding hydrogens is 274 g/mol. The van der Waals surface area contributed by atoms with Crippen LogP contribution in [0.2, 0.25) is 0 Å². The van der Waals surface area contributed by atoms with Gasteiger partial charge >= 0.3 is 0 Å². The topological polar surface area (TPSA) is 44.5 Å². The van der Waals surface area contributed by atoms with Crippen molar-refractivity contribution in [3.05, 3.63) is 42.0 Å². The average molecular weight is 299 g/mol. The summed E-state index contributed by atoms with van der Waals surface area (Å²) in [6.45, 7) is 2.97. The lowest BCUT2D eigenvalue weighted by atomic mass is 9.89. The normalized spacial score (nSPS) is 22.9. The minimum atomic E-state index is 0.286. The third-order valence-electron chi connectivity index (χ3n) is 4.81. The van der Waals surface area contributed by atoms with Crippen LogP contribution in [0.15, 0.2) is 36.4 Å². The largest absolute Gasteiger partial charge is 0.496 e. The van der Waals surface area contributed by atoms with E-state index in [1.54, 1.807) is 7.11 Å². The average Bonchev–Trinajstić information content (AvgIpc) is 3.02. The van der Waals surface area contributed by atoms with Crippen LogP contribution in [0.3, 0.4) is 0 Å². The summed E-state index contributed by atoms with van der Waals surface area (Å²) in [6, 6.07) is 12.7. The molecule has 118 valence electrons. The molecule has 3 heteroatoms. The highest BCUT2D eigenvalue weighted by Crippen LogP contribution is 2.38. The summed E-state index contributed by atoms with van der Waals surface area (Å²) < 4.78 is 11.7. The van der Waals surface area contributed by atoms with Gasteiger partial charge in [0.25, 0.3) is 0 Å². The third-order valence-corrected chi connectivity index (χ3v) is 4.81. The van der Waals surface area contributed by atoms with Gasteiger partial charge in [-0.05, 0) is 42.8 Å².